The first-order valence-corrected chi connectivity index (χ1v) is 11.6. The molecule has 166 valence electrons. The molecule has 0 spiro atoms. The lowest BCUT2D eigenvalue weighted by Gasteiger charge is -2.24. The molecule has 1 aliphatic heterocycles. The van der Waals surface area contributed by atoms with E-state index in [-0.39, 0.29) is 23.5 Å². The van der Waals surface area contributed by atoms with E-state index in [2.05, 4.69) is 10.2 Å². The van der Waals surface area contributed by atoms with Gasteiger partial charge in [0.15, 0.2) is 16.8 Å². The highest BCUT2D eigenvalue weighted by molar-refractivity contribution is 7.99. The highest BCUT2D eigenvalue weighted by Crippen LogP contribution is 2.33. The zero-order valence-corrected chi connectivity index (χ0v) is 19.4. The van der Waals surface area contributed by atoms with Gasteiger partial charge in [-0.2, -0.15) is 0 Å². The molecule has 1 fully saturated rings. The Hall–Kier alpha value is -2.84. The smallest absolute Gasteiger partial charge is 0.254 e. The van der Waals surface area contributed by atoms with Crippen molar-refractivity contribution in [3.8, 4) is 5.75 Å². The van der Waals surface area contributed by atoms with Crippen molar-refractivity contribution in [3.63, 3.8) is 0 Å². The summed E-state index contributed by atoms with van der Waals surface area (Å²) >= 11 is 7.29. The number of likely N-dealkylation sites (tertiary alicyclic amines) is 1. The molecule has 1 aromatic heterocycles. The zero-order valence-electron chi connectivity index (χ0n) is 17.8. The largest absolute Gasteiger partial charge is 0.497 e. The van der Waals surface area contributed by atoms with E-state index in [9.17, 15) is 9.59 Å². The number of carbonyl (C=O) groups is 2. The predicted molar refractivity (Wildman–Crippen MR) is 124 cm³/mol. The summed E-state index contributed by atoms with van der Waals surface area (Å²) in [5.74, 6) is 1.64. The molecule has 0 saturated carbocycles. The van der Waals surface area contributed by atoms with Crippen LogP contribution in [0.5, 0.6) is 5.75 Å². The van der Waals surface area contributed by atoms with Crippen LogP contribution < -0.4 is 4.74 Å². The van der Waals surface area contributed by atoms with Gasteiger partial charge in [-0.25, -0.2) is 0 Å². The Bertz CT molecular complexity index is 1120. The summed E-state index contributed by atoms with van der Waals surface area (Å²) in [5, 5.41) is 9.88. The zero-order chi connectivity index (χ0) is 22.7. The van der Waals surface area contributed by atoms with E-state index < -0.39 is 0 Å². The molecule has 7 nitrogen and oxygen atoms in total. The minimum Gasteiger partial charge on any atom is -0.497 e. The lowest BCUT2D eigenvalue weighted by atomic mass is 10.1. The normalized spacial score (nSPS) is 15.7. The first-order chi connectivity index (χ1) is 15.5. The molecule has 2 aromatic carbocycles. The molecule has 1 aliphatic rings. The van der Waals surface area contributed by atoms with Crippen LogP contribution in [0.25, 0.3) is 0 Å². The fourth-order valence-corrected chi connectivity index (χ4v) is 4.71. The lowest BCUT2D eigenvalue weighted by molar-refractivity contribution is 0.0727. The van der Waals surface area contributed by atoms with Gasteiger partial charge in [0.25, 0.3) is 5.91 Å². The van der Waals surface area contributed by atoms with Crippen LogP contribution in [0.1, 0.15) is 45.4 Å². The fraction of sp³-hybridized carbons (Fsp3) is 0.304. The van der Waals surface area contributed by atoms with Crippen molar-refractivity contribution >= 4 is 35.1 Å². The molecule has 0 bridgehead atoms. The number of ether oxygens (including phenoxy) is 1. The third-order valence-corrected chi connectivity index (χ3v) is 6.79. The number of hydrogen-bond acceptors (Lipinski definition) is 6. The van der Waals surface area contributed by atoms with Gasteiger partial charge in [-0.15, -0.1) is 10.2 Å². The minimum atomic E-state index is -0.151. The van der Waals surface area contributed by atoms with Gasteiger partial charge in [-0.05, 0) is 61.4 Å². The Morgan fingerprint density at radius 1 is 1.09 bits per heavy atom. The molecule has 9 heteroatoms. The fourth-order valence-electron chi connectivity index (χ4n) is 3.77. The van der Waals surface area contributed by atoms with E-state index in [1.54, 1.807) is 55.6 Å². The van der Waals surface area contributed by atoms with E-state index in [0.717, 1.165) is 18.7 Å². The van der Waals surface area contributed by atoms with Crippen LogP contribution in [0.15, 0.2) is 53.7 Å². The Morgan fingerprint density at radius 3 is 2.47 bits per heavy atom. The molecule has 3 aromatic rings. The number of methoxy groups -OCH3 is 1. The second kappa shape index (κ2) is 9.75. The molecule has 0 radical (unpaired) electrons. The number of hydrogen-bond donors (Lipinski definition) is 0. The third kappa shape index (κ3) is 4.66. The van der Waals surface area contributed by atoms with Crippen LogP contribution >= 0.6 is 23.4 Å². The molecule has 0 aliphatic carbocycles. The van der Waals surface area contributed by atoms with Gasteiger partial charge in [0.05, 0.1) is 18.9 Å². The average molecular weight is 471 g/mol. The van der Waals surface area contributed by atoms with Crippen molar-refractivity contribution < 1.29 is 14.3 Å². The Labute approximate surface area is 195 Å². The highest BCUT2D eigenvalue weighted by atomic mass is 35.5. The number of halogens is 1. The highest BCUT2D eigenvalue weighted by Gasteiger charge is 2.34. The molecule has 4 rings (SSSR count). The van der Waals surface area contributed by atoms with E-state index in [0.29, 0.717) is 33.6 Å². The standard InChI is InChI=1S/C23H23ClN4O3S/c1-27-21(19-4-3-13-28(19)22(30)16-5-9-17(24)10-6-16)25-26-23(27)32-14-20(29)15-7-11-18(31-2)12-8-15/h5-12,19H,3-4,13-14H2,1-2H3. The Morgan fingerprint density at radius 2 is 1.78 bits per heavy atom. The van der Waals surface area contributed by atoms with Crippen LogP contribution in [0.2, 0.25) is 5.02 Å². The number of carbonyl (C=O) groups excluding carboxylic acids is 2. The number of Topliss-reactive ketones (excluding diaryl/α,β-unsaturated/α-hetero) is 1. The molecule has 0 N–H and O–H groups in total. The number of thioether (sulfide) groups is 1. The predicted octanol–water partition coefficient (Wildman–Crippen LogP) is 4.43. The van der Waals surface area contributed by atoms with Crippen molar-refractivity contribution in [1.82, 2.24) is 19.7 Å². The van der Waals surface area contributed by atoms with Crippen LogP contribution in [-0.2, 0) is 7.05 Å². The van der Waals surface area contributed by atoms with Crippen LogP contribution in [0.3, 0.4) is 0 Å². The third-order valence-electron chi connectivity index (χ3n) is 5.52. The number of benzene rings is 2. The van der Waals surface area contributed by atoms with Gasteiger partial charge in [0.2, 0.25) is 0 Å². The maximum Gasteiger partial charge on any atom is 0.254 e. The second-order valence-electron chi connectivity index (χ2n) is 7.50. The SMILES string of the molecule is COc1ccc(C(=O)CSc2nnc(C3CCCN3C(=O)c3ccc(Cl)cc3)n2C)cc1. The van der Waals surface area contributed by atoms with Crippen molar-refractivity contribution in [2.75, 3.05) is 19.4 Å². The number of nitrogens with zero attached hydrogens (tertiary/aromatic N) is 4. The average Bonchev–Trinajstić information content (AvgIpc) is 3.44. The number of aromatic nitrogens is 3. The minimum absolute atomic E-state index is 0.00242. The number of ketones is 1. The second-order valence-corrected chi connectivity index (χ2v) is 8.88. The lowest BCUT2D eigenvalue weighted by Crippen LogP contribution is -2.31. The van der Waals surface area contributed by atoms with Gasteiger partial charge in [-0.3, -0.25) is 9.59 Å². The Balaban J connectivity index is 1.45. The van der Waals surface area contributed by atoms with E-state index in [4.69, 9.17) is 16.3 Å². The summed E-state index contributed by atoms with van der Waals surface area (Å²) in [4.78, 5) is 27.4. The van der Waals surface area contributed by atoms with Crippen molar-refractivity contribution in [2.24, 2.45) is 7.05 Å². The molecule has 1 unspecified atom stereocenters. The van der Waals surface area contributed by atoms with Gasteiger partial charge < -0.3 is 14.2 Å². The Kier molecular flexibility index (Phi) is 6.81. The summed E-state index contributed by atoms with van der Waals surface area (Å²) < 4.78 is 7.01. The number of rotatable bonds is 7. The molecule has 32 heavy (non-hydrogen) atoms. The van der Waals surface area contributed by atoms with Crippen molar-refractivity contribution in [2.45, 2.75) is 24.0 Å². The van der Waals surface area contributed by atoms with Crippen LogP contribution in [0, 0.1) is 0 Å². The number of amides is 1. The van der Waals surface area contributed by atoms with Crippen LogP contribution in [0.4, 0.5) is 0 Å². The molecular formula is C23H23ClN4O3S. The van der Waals surface area contributed by atoms with Gasteiger partial charge in [0.1, 0.15) is 5.75 Å². The molecule has 1 saturated heterocycles. The summed E-state index contributed by atoms with van der Waals surface area (Å²) in [6.07, 6.45) is 1.72. The molecule has 1 atom stereocenters. The quantitative estimate of drug-likeness (QED) is 0.375. The van der Waals surface area contributed by atoms with E-state index >= 15 is 0 Å². The first kappa shape index (κ1) is 22.4. The molecule has 1 amide bonds. The molecular weight excluding hydrogens is 448 g/mol. The van der Waals surface area contributed by atoms with Gasteiger partial charge >= 0.3 is 0 Å². The monoisotopic (exact) mass is 470 g/mol. The topological polar surface area (TPSA) is 77.3 Å². The summed E-state index contributed by atoms with van der Waals surface area (Å²) in [5.41, 5.74) is 1.22. The van der Waals surface area contributed by atoms with E-state index in [1.165, 1.54) is 11.8 Å². The van der Waals surface area contributed by atoms with Crippen LogP contribution in [-0.4, -0.2) is 50.8 Å². The summed E-state index contributed by atoms with van der Waals surface area (Å²) in [6.45, 7) is 0.664. The summed E-state index contributed by atoms with van der Waals surface area (Å²) in [7, 11) is 3.46. The van der Waals surface area contributed by atoms with Crippen molar-refractivity contribution in [3.05, 3.63) is 70.5 Å². The maximum absolute atomic E-state index is 13.0. The van der Waals surface area contributed by atoms with E-state index in [1.807, 2.05) is 16.5 Å². The van der Waals surface area contributed by atoms with Gasteiger partial charge in [0, 0.05) is 29.7 Å². The first-order valence-electron chi connectivity index (χ1n) is 10.2. The maximum atomic E-state index is 13.0. The van der Waals surface area contributed by atoms with Gasteiger partial charge in [-0.1, -0.05) is 23.4 Å². The summed E-state index contributed by atoms with van der Waals surface area (Å²) in [6, 6.07) is 13.8. The van der Waals surface area contributed by atoms with Crippen molar-refractivity contribution in [1.29, 1.82) is 0 Å². The molecule has 2 heterocycles.